The summed E-state index contributed by atoms with van der Waals surface area (Å²) in [5, 5.41) is 8.49. The van der Waals surface area contributed by atoms with E-state index < -0.39 is 12.0 Å². The minimum Gasteiger partial charge on any atom is -0.480 e. The maximum absolute atomic E-state index is 10.4. The van der Waals surface area contributed by atoms with Crippen LogP contribution < -0.4 is 5.73 Å². The molecule has 0 aromatic carbocycles. The van der Waals surface area contributed by atoms with Crippen LogP contribution in [-0.2, 0) is 11.2 Å². The molecule has 4 nitrogen and oxygen atoms in total. The predicted molar refractivity (Wildman–Crippen MR) is 45.7 cm³/mol. The fraction of sp³-hybridized carbons (Fsp3) is 0.286. The average molecular weight is 234 g/mol. The van der Waals surface area contributed by atoms with Gasteiger partial charge in [0.1, 0.15) is 11.8 Å². The molecule has 1 aromatic rings. The van der Waals surface area contributed by atoms with E-state index in [1.54, 1.807) is 6.07 Å². The number of hydrogen-bond acceptors (Lipinski definition) is 3. The summed E-state index contributed by atoms with van der Waals surface area (Å²) in [7, 11) is 0. The molecule has 0 bridgehead atoms. The van der Waals surface area contributed by atoms with Gasteiger partial charge in [0.2, 0.25) is 0 Å². The quantitative estimate of drug-likeness (QED) is 0.817. The highest BCUT2D eigenvalue weighted by Crippen LogP contribution is 2.18. The van der Waals surface area contributed by atoms with Gasteiger partial charge in [-0.15, -0.1) is 0 Å². The van der Waals surface area contributed by atoms with Crippen LogP contribution in [0.15, 0.2) is 21.2 Å². The van der Waals surface area contributed by atoms with Crippen molar-refractivity contribution in [3.05, 3.63) is 22.6 Å². The molecule has 3 N–H and O–H groups in total. The SMILES string of the molecule is NC(Cc1occc1Br)C(=O)O. The number of hydrogen-bond donors (Lipinski definition) is 2. The van der Waals surface area contributed by atoms with Crippen LogP contribution in [-0.4, -0.2) is 17.1 Å². The van der Waals surface area contributed by atoms with Crippen molar-refractivity contribution < 1.29 is 14.3 Å². The number of carbonyl (C=O) groups is 1. The molecule has 0 spiro atoms. The fourth-order valence-corrected chi connectivity index (χ4v) is 1.12. The number of rotatable bonds is 3. The Balaban J connectivity index is 2.64. The van der Waals surface area contributed by atoms with E-state index in [0.717, 1.165) is 4.47 Å². The van der Waals surface area contributed by atoms with E-state index >= 15 is 0 Å². The van der Waals surface area contributed by atoms with Gasteiger partial charge < -0.3 is 15.3 Å². The number of nitrogens with two attached hydrogens (primary N) is 1. The molecule has 0 aliphatic heterocycles. The lowest BCUT2D eigenvalue weighted by molar-refractivity contribution is -0.138. The van der Waals surface area contributed by atoms with E-state index in [1.807, 2.05) is 0 Å². The summed E-state index contributed by atoms with van der Waals surface area (Å²) >= 11 is 3.20. The summed E-state index contributed by atoms with van der Waals surface area (Å²) in [6, 6.07) is 0.789. The lowest BCUT2D eigenvalue weighted by atomic mass is 10.2. The zero-order valence-electron chi connectivity index (χ0n) is 6.16. The van der Waals surface area contributed by atoms with Crippen LogP contribution >= 0.6 is 15.9 Å². The van der Waals surface area contributed by atoms with Gasteiger partial charge in [0.25, 0.3) is 0 Å². The molecule has 0 amide bonds. The zero-order valence-corrected chi connectivity index (χ0v) is 7.74. The van der Waals surface area contributed by atoms with Gasteiger partial charge in [-0.2, -0.15) is 0 Å². The summed E-state index contributed by atoms with van der Waals surface area (Å²) in [4.78, 5) is 10.4. The first-order valence-electron chi connectivity index (χ1n) is 3.31. The van der Waals surface area contributed by atoms with Gasteiger partial charge in [-0.25, -0.2) is 0 Å². The van der Waals surface area contributed by atoms with Crippen molar-refractivity contribution in [3.8, 4) is 0 Å². The molecule has 0 radical (unpaired) electrons. The van der Waals surface area contributed by atoms with Gasteiger partial charge in [0.05, 0.1) is 10.7 Å². The number of carboxylic acid groups (broad SMARTS) is 1. The second-order valence-corrected chi connectivity index (χ2v) is 3.19. The Labute approximate surface area is 77.5 Å². The van der Waals surface area contributed by atoms with E-state index in [2.05, 4.69) is 15.9 Å². The predicted octanol–water partition coefficient (Wildman–Crippen LogP) is 0.997. The topological polar surface area (TPSA) is 76.5 Å². The minimum atomic E-state index is -1.03. The molecular formula is C7H8BrNO3. The largest absolute Gasteiger partial charge is 0.480 e. The van der Waals surface area contributed by atoms with Crippen LogP contribution in [0.4, 0.5) is 0 Å². The summed E-state index contributed by atoms with van der Waals surface area (Å²) in [6.45, 7) is 0. The minimum absolute atomic E-state index is 0.197. The summed E-state index contributed by atoms with van der Waals surface area (Å²) in [5.41, 5.74) is 5.30. The molecule has 1 rings (SSSR count). The van der Waals surface area contributed by atoms with E-state index in [4.69, 9.17) is 15.3 Å². The third-order valence-electron chi connectivity index (χ3n) is 1.41. The van der Waals surface area contributed by atoms with Crippen LogP contribution in [0.5, 0.6) is 0 Å². The summed E-state index contributed by atoms with van der Waals surface area (Å²) < 4.78 is 5.74. The summed E-state index contributed by atoms with van der Waals surface area (Å²) in [5.74, 6) is -0.469. The summed E-state index contributed by atoms with van der Waals surface area (Å²) in [6.07, 6.45) is 1.68. The van der Waals surface area contributed by atoms with Gasteiger partial charge in [-0.1, -0.05) is 0 Å². The normalized spacial score (nSPS) is 12.8. The molecule has 66 valence electrons. The van der Waals surface area contributed by atoms with Crippen molar-refractivity contribution in [1.82, 2.24) is 0 Å². The van der Waals surface area contributed by atoms with Crippen LogP contribution in [0.2, 0.25) is 0 Å². The Kier molecular flexibility index (Phi) is 2.88. The van der Waals surface area contributed by atoms with Crippen LogP contribution in [0.25, 0.3) is 0 Å². The monoisotopic (exact) mass is 233 g/mol. The molecule has 1 heterocycles. The molecule has 0 aliphatic rings. The highest BCUT2D eigenvalue weighted by Gasteiger charge is 2.15. The van der Waals surface area contributed by atoms with E-state index in [-0.39, 0.29) is 6.42 Å². The molecule has 0 fully saturated rings. The van der Waals surface area contributed by atoms with Crippen LogP contribution in [0.1, 0.15) is 5.76 Å². The number of halogens is 1. The number of furan rings is 1. The van der Waals surface area contributed by atoms with Gasteiger partial charge in [0, 0.05) is 6.42 Å². The molecule has 5 heteroatoms. The first kappa shape index (κ1) is 9.28. The molecule has 0 aliphatic carbocycles. The second kappa shape index (κ2) is 3.73. The first-order chi connectivity index (χ1) is 5.61. The second-order valence-electron chi connectivity index (χ2n) is 2.34. The van der Waals surface area contributed by atoms with Gasteiger partial charge in [-0.05, 0) is 22.0 Å². The van der Waals surface area contributed by atoms with Crippen molar-refractivity contribution in [2.45, 2.75) is 12.5 Å². The van der Waals surface area contributed by atoms with Gasteiger partial charge >= 0.3 is 5.97 Å². The smallest absolute Gasteiger partial charge is 0.320 e. The molecule has 1 unspecified atom stereocenters. The third kappa shape index (κ3) is 2.09. The Morgan fingerprint density at radius 2 is 2.50 bits per heavy atom. The van der Waals surface area contributed by atoms with Crippen LogP contribution in [0.3, 0.4) is 0 Å². The Morgan fingerprint density at radius 3 is 2.92 bits per heavy atom. The van der Waals surface area contributed by atoms with Crippen LogP contribution in [0, 0.1) is 0 Å². The fourth-order valence-electron chi connectivity index (χ4n) is 0.758. The van der Waals surface area contributed by atoms with Crippen molar-refractivity contribution in [1.29, 1.82) is 0 Å². The van der Waals surface area contributed by atoms with Crippen molar-refractivity contribution >= 4 is 21.9 Å². The highest BCUT2D eigenvalue weighted by atomic mass is 79.9. The maximum Gasteiger partial charge on any atom is 0.320 e. The molecular weight excluding hydrogens is 226 g/mol. The van der Waals surface area contributed by atoms with E-state index in [9.17, 15) is 4.79 Å². The van der Waals surface area contributed by atoms with E-state index in [1.165, 1.54) is 6.26 Å². The van der Waals surface area contributed by atoms with Crippen molar-refractivity contribution in [2.75, 3.05) is 0 Å². The molecule has 0 saturated heterocycles. The molecule has 12 heavy (non-hydrogen) atoms. The van der Waals surface area contributed by atoms with Gasteiger partial charge in [0.15, 0.2) is 0 Å². The van der Waals surface area contributed by atoms with Gasteiger partial charge in [-0.3, -0.25) is 4.79 Å². The lowest BCUT2D eigenvalue weighted by Crippen LogP contribution is -2.32. The molecule has 1 atom stereocenters. The standard InChI is InChI=1S/C7H8BrNO3/c8-4-1-2-12-6(4)3-5(9)7(10)11/h1-2,5H,3,9H2,(H,10,11). The Morgan fingerprint density at radius 1 is 1.83 bits per heavy atom. The number of carboxylic acids is 1. The highest BCUT2D eigenvalue weighted by molar-refractivity contribution is 9.10. The first-order valence-corrected chi connectivity index (χ1v) is 4.11. The maximum atomic E-state index is 10.4. The lowest BCUT2D eigenvalue weighted by Gasteiger charge is -2.02. The van der Waals surface area contributed by atoms with E-state index in [0.29, 0.717) is 5.76 Å². The third-order valence-corrected chi connectivity index (χ3v) is 2.12. The number of aliphatic carboxylic acids is 1. The molecule has 1 aromatic heterocycles. The Hall–Kier alpha value is -0.810. The zero-order chi connectivity index (χ0) is 9.14. The van der Waals surface area contributed by atoms with Crippen molar-refractivity contribution in [3.63, 3.8) is 0 Å². The molecule has 0 saturated carbocycles. The Bertz CT molecular complexity index is 284. The van der Waals surface area contributed by atoms with Crippen molar-refractivity contribution in [2.24, 2.45) is 5.73 Å². The average Bonchev–Trinajstić information content (AvgIpc) is 2.36.